The Morgan fingerprint density at radius 3 is 2.28 bits per heavy atom. The van der Waals surface area contributed by atoms with Crippen molar-refractivity contribution in [2.45, 2.75) is 12.3 Å². The van der Waals surface area contributed by atoms with Gasteiger partial charge in [0.1, 0.15) is 11.5 Å². The summed E-state index contributed by atoms with van der Waals surface area (Å²) in [5, 5.41) is 0.750. The quantitative estimate of drug-likeness (QED) is 0.325. The third kappa shape index (κ3) is 4.84. The lowest BCUT2D eigenvalue weighted by atomic mass is 9.87. The van der Waals surface area contributed by atoms with Gasteiger partial charge in [-0.1, -0.05) is 59.9 Å². The second-order valence-electron chi connectivity index (χ2n) is 8.87. The van der Waals surface area contributed by atoms with Crippen molar-refractivity contribution in [1.29, 1.82) is 0 Å². The second-order valence-corrected chi connectivity index (χ2v) is 9.88. The predicted octanol–water partition coefficient (Wildman–Crippen LogP) is 5.71. The number of thiazole rings is 1. The third-order valence-corrected chi connectivity index (χ3v) is 7.73. The number of fused-ring (bicyclic) bond motifs is 3. The van der Waals surface area contributed by atoms with E-state index in [4.69, 9.17) is 14.5 Å². The van der Waals surface area contributed by atoms with Crippen LogP contribution in [0.25, 0.3) is 10.2 Å². The van der Waals surface area contributed by atoms with E-state index in [1.165, 1.54) is 0 Å². The van der Waals surface area contributed by atoms with Gasteiger partial charge in [0.05, 0.1) is 29.3 Å². The topological polar surface area (TPSA) is 54.9 Å². The molecule has 0 unspecified atom stereocenters. The van der Waals surface area contributed by atoms with Gasteiger partial charge in [0, 0.05) is 37.3 Å². The van der Waals surface area contributed by atoms with Crippen molar-refractivity contribution in [1.82, 2.24) is 9.88 Å². The van der Waals surface area contributed by atoms with Gasteiger partial charge in [-0.25, -0.2) is 4.98 Å². The number of aromatic nitrogens is 1. The molecule has 6 nitrogen and oxygen atoms in total. The van der Waals surface area contributed by atoms with Gasteiger partial charge >= 0.3 is 0 Å². The molecule has 1 aromatic heterocycles. The van der Waals surface area contributed by atoms with Crippen molar-refractivity contribution < 1.29 is 14.3 Å². The van der Waals surface area contributed by atoms with E-state index in [1.54, 1.807) is 11.3 Å². The van der Waals surface area contributed by atoms with Crippen LogP contribution in [0, 0.1) is 0 Å². The molecule has 1 saturated heterocycles. The number of hydrogen-bond donors (Lipinski definition) is 0. The minimum absolute atomic E-state index is 0. The van der Waals surface area contributed by atoms with Crippen LogP contribution in [0.3, 0.4) is 0 Å². The fourth-order valence-corrected chi connectivity index (χ4v) is 5.88. The molecule has 36 heavy (non-hydrogen) atoms. The molecule has 0 spiro atoms. The van der Waals surface area contributed by atoms with E-state index in [9.17, 15) is 4.79 Å². The van der Waals surface area contributed by atoms with E-state index in [0.29, 0.717) is 6.54 Å². The first-order chi connectivity index (χ1) is 17.3. The third-order valence-electron chi connectivity index (χ3n) is 6.67. The van der Waals surface area contributed by atoms with Gasteiger partial charge in [0.15, 0.2) is 5.13 Å². The Morgan fingerprint density at radius 2 is 1.58 bits per heavy atom. The van der Waals surface area contributed by atoms with Gasteiger partial charge in [-0.05, 0) is 30.7 Å². The van der Waals surface area contributed by atoms with E-state index >= 15 is 0 Å². The van der Waals surface area contributed by atoms with Crippen molar-refractivity contribution in [3.05, 3.63) is 83.9 Å². The number of nitrogens with zero attached hydrogens (tertiary/aromatic N) is 3. The Balaban J connectivity index is 0.00000267. The molecule has 8 heteroatoms. The van der Waals surface area contributed by atoms with Gasteiger partial charge in [-0.3, -0.25) is 14.6 Å². The maximum Gasteiger partial charge on any atom is 0.241 e. The standard InChI is InChI=1S/C28H27N3O3S.ClH/c32-27(26-20-8-1-4-11-23(20)34-24-12-5-2-9-21(24)26)31(15-7-14-30-16-18-33-19-17-30)28-29-22-10-3-6-13-25(22)35-28;/h1-6,8-13,26H,7,14-19H2;1H. The average molecular weight is 522 g/mol. The number of ether oxygens (including phenoxy) is 2. The highest BCUT2D eigenvalue weighted by molar-refractivity contribution is 7.22. The summed E-state index contributed by atoms with van der Waals surface area (Å²) in [6.45, 7) is 4.97. The molecule has 0 saturated carbocycles. The van der Waals surface area contributed by atoms with Crippen LogP contribution in [0.5, 0.6) is 11.5 Å². The van der Waals surface area contributed by atoms with Gasteiger partial charge in [-0.15, -0.1) is 12.4 Å². The first-order valence-corrected chi connectivity index (χ1v) is 12.9. The second kappa shape index (κ2) is 11.0. The van der Waals surface area contributed by atoms with E-state index < -0.39 is 5.92 Å². The lowest BCUT2D eigenvalue weighted by Gasteiger charge is -2.32. The van der Waals surface area contributed by atoms with E-state index in [1.807, 2.05) is 71.6 Å². The van der Waals surface area contributed by atoms with Crippen molar-refractivity contribution in [3.63, 3.8) is 0 Å². The van der Waals surface area contributed by atoms with Crippen LogP contribution in [-0.4, -0.2) is 55.2 Å². The fraction of sp³-hybridized carbons (Fsp3) is 0.286. The first-order valence-electron chi connectivity index (χ1n) is 12.1. The number of halogens is 1. The summed E-state index contributed by atoms with van der Waals surface area (Å²) in [6, 6.07) is 23.8. The van der Waals surface area contributed by atoms with Crippen molar-refractivity contribution in [2.24, 2.45) is 0 Å². The molecule has 1 fully saturated rings. The molecular weight excluding hydrogens is 494 g/mol. The summed E-state index contributed by atoms with van der Waals surface area (Å²) >= 11 is 1.58. The lowest BCUT2D eigenvalue weighted by molar-refractivity contribution is -0.119. The number of rotatable bonds is 6. The van der Waals surface area contributed by atoms with E-state index in [2.05, 4.69) is 11.0 Å². The summed E-state index contributed by atoms with van der Waals surface area (Å²) in [4.78, 5) is 23.6. The number of carbonyl (C=O) groups is 1. The predicted molar refractivity (Wildman–Crippen MR) is 146 cm³/mol. The molecule has 186 valence electrons. The molecule has 0 atom stereocenters. The first kappa shape index (κ1) is 24.7. The van der Waals surface area contributed by atoms with Crippen LogP contribution in [0.2, 0.25) is 0 Å². The molecule has 3 heterocycles. The van der Waals surface area contributed by atoms with E-state index in [-0.39, 0.29) is 18.3 Å². The zero-order valence-electron chi connectivity index (χ0n) is 19.8. The summed E-state index contributed by atoms with van der Waals surface area (Å²) < 4.78 is 12.7. The van der Waals surface area contributed by atoms with Gasteiger partial charge in [0.25, 0.3) is 0 Å². The molecule has 0 bridgehead atoms. The molecular formula is C28H28ClN3O3S. The lowest BCUT2D eigenvalue weighted by Crippen LogP contribution is -2.40. The highest BCUT2D eigenvalue weighted by atomic mass is 35.5. The maximum absolute atomic E-state index is 14.4. The van der Waals surface area contributed by atoms with Crippen LogP contribution in [0.1, 0.15) is 23.5 Å². The number of morpholine rings is 1. The maximum atomic E-state index is 14.4. The number of anilines is 1. The van der Waals surface area contributed by atoms with Gasteiger partial charge in [0.2, 0.25) is 5.91 Å². The highest BCUT2D eigenvalue weighted by Gasteiger charge is 2.36. The number of hydrogen-bond acceptors (Lipinski definition) is 6. The minimum atomic E-state index is -0.438. The Labute approximate surface area is 220 Å². The number of para-hydroxylation sites is 3. The van der Waals surface area contributed by atoms with Gasteiger partial charge in [-0.2, -0.15) is 0 Å². The van der Waals surface area contributed by atoms with Crippen LogP contribution < -0.4 is 9.64 Å². The summed E-state index contributed by atoms with van der Waals surface area (Å²) in [6.07, 6.45) is 0.869. The number of amides is 1. The van der Waals surface area contributed by atoms with Crippen molar-refractivity contribution in [2.75, 3.05) is 44.3 Å². The molecule has 1 amide bonds. The van der Waals surface area contributed by atoms with Crippen molar-refractivity contribution >= 4 is 45.0 Å². The molecule has 6 rings (SSSR count). The zero-order valence-corrected chi connectivity index (χ0v) is 21.5. The Kier molecular flexibility index (Phi) is 7.53. The molecule has 0 N–H and O–H groups in total. The largest absolute Gasteiger partial charge is 0.457 e. The Morgan fingerprint density at radius 1 is 0.944 bits per heavy atom. The van der Waals surface area contributed by atoms with Crippen LogP contribution in [0.15, 0.2) is 72.8 Å². The molecule has 4 aromatic rings. The Bertz CT molecular complexity index is 1280. The molecule has 3 aromatic carbocycles. The fourth-order valence-electron chi connectivity index (χ4n) is 4.88. The smallest absolute Gasteiger partial charge is 0.241 e. The number of carbonyl (C=O) groups excluding carboxylic acids is 1. The summed E-state index contributed by atoms with van der Waals surface area (Å²) in [5.74, 6) is 1.07. The zero-order chi connectivity index (χ0) is 23.6. The molecule has 2 aliphatic heterocycles. The summed E-state index contributed by atoms with van der Waals surface area (Å²) in [7, 11) is 0. The highest BCUT2D eigenvalue weighted by Crippen LogP contribution is 2.45. The van der Waals surface area contributed by atoms with Crippen molar-refractivity contribution in [3.8, 4) is 11.5 Å². The average Bonchev–Trinajstić information content (AvgIpc) is 3.34. The van der Waals surface area contributed by atoms with Crippen LogP contribution in [-0.2, 0) is 9.53 Å². The van der Waals surface area contributed by atoms with Crippen LogP contribution >= 0.6 is 23.7 Å². The number of benzene rings is 3. The van der Waals surface area contributed by atoms with E-state index in [0.717, 1.165) is 77.2 Å². The molecule has 0 aliphatic carbocycles. The SMILES string of the molecule is Cl.O=C(C1c2ccccc2Oc2ccccc21)N(CCCN1CCOCC1)c1nc2ccccc2s1. The monoisotopic (exact) mass is 521 g/mol. The molecule has 0 radical (unpaired) electrons. The van der Waals surface area contributed by atoms with Crippen LogP contribution in [0.4, 0.5) is 5.13 Å². The minimum Gasteiger partial charge on any atom is -0.457 e. The van der Waals surface area contributed by atoms with Gasteiger partial charge < -0.3 is 9.47 Å². The molecule has 2 aliphatic rings. The normalized spacial score (nSPS) is 15.4. The summed E-state index contributed by atoms with van der Waals surface area (Å²) in [5.41, 5.74) is 2.72. The Hall–Kier alpha value is -2.97.